The Morgan fingerprint density at radius 2 is 2.19 bits per heavy atom. The van der Waals surface area contributed by atoms with Crippen LogP contribution >= 0.6 is 0 Å². The zero-order valence-electron chi connectivity index (χ0n) is 12.6. The first-order chi connectivity index (χ1) is 9.95. The first-order valence-electron chi connectivity index (χ1n) is 6.76. The number of hydrogen-bond acceptors (Lipinski definition) is 3. The molecule has 0 aromatic heterocycles. The van der Waals surface area contributed by atoms with Crippen LogP contribution in [-0.4, -0.2) is 39.9 Å². The molecule has 0 aliphatic heterocycles. The smallest absolute Gasteiger partial charge is 0.252 e. The maximum absolute atomic E-state index is 12.2. The van der Waals surface area contributed by atoms with Gasteiger partial charge >= 0.3 is 0 Å². The van der Waals surface area contributed by atoms with Crippen LogP contribution in [0.4, 0.5) is 0 Å². The summed E-state index contributed by atoms with van der Waals surface area (Å²) in [7, 11) is -0.883. The van der Waals surface area contributed by atoms with E-state index in [0.717, 1.165) is 5.56 Å². The average Bonchev–Trinajstić information content (AvgIpc) is 2.44. The number of aliphatic hydroxyl groups excluding tert-OH is 1. The van der Waals surface area contributed by atoms with E-state index in [2.05, 4.69) is 17.2 Å². The van der Waals surface area contributed by atoms with Crippen molar-refractivity contribution in [2.75, 3.05) is 19.4 Å². The zero-order valence-corrected chi connectivity index (χ0v) is 13.4. The number of amides is 1. The van der Waals surface area contributed by atoms with Crippen LogP contribution in [-0.2, 0) is 10.8 Å². The molecule has 0 radical (unpaired) electrons. The summed E-state index contributed by atoms with van der Waals surface area (Å²) in [5, 5.41) is 11.6. The third-order valence-electron chi connectivity index (χ3n) is 3.12. The number of hydrogen-bond donors (Lipinski definition) is 2. The van der Waals surface area contributed by atoms with E-state index < -0.39 is 10.8 Å². The molecule has 114 valence electrons. The molecule has 2 atom stereocenters. The Morgan fingerprint density at radius 3 is 2.81 bits per heavy atom. The van der Waals surface area contributed by atoms with Gasteiger partial charge in [0.1, 0.15) is 6.61 Å². The summed E-state index contributed by atoms with van der Waals surface area (Å²) in [6.45, 7) is 4.05. The topological polar surface area (TPSA) is 66.4 Å². The molecule has 1 aromatic rings. The molecule has 0 heterocycles. The fourth-order valence-corrected chi connectivity index (χ4v) is 2.19. The Morgan fingerprint density at radius 1 is 1.48 bits per heavy atom. The third kappa shape index (κ3) is 5.70. The lowest BCUT2D eigenvalue weighted by atomic mass is 10.0. The number of benzene rings is 1. The zero-order chi connectivity index (χ0) is 15.8. The van der Waals surface area contributed by atoms with Gasteiger partial charge in [-0.2, -0.15) is 0 Å². The van der Waals surface area contributed by atoms with Crippen LogP contribution in [0.3, 0.4) is 0 Å². The molecule has 0 bridgehead atoms. The van der Waals surface area contributed by atoms with Crippen molar-refractivity contribution < 1.29 is 14.1 Å². The van der Waals surface area contributed by atoms with Crippen molar-refractivity contribution in [2.24, 2.45) is 0 Å². The van der Waals surface area contributed by atoms with E-state index in [9.17, 15) is 9.00 Å². The van der Waals surface area contributed by atoms with Gasteiger partial charge in [0.05, 0.1) is 5.56 Å². The van der Waals surface area contributed by atoms with Gasteiger partial charge in [-0.25, -0.2) is 0 Å². The van der Waals surface area contributed by atoms with Crippen LogP contribution in [0.5, 0.6) is 0 Å². The molecule has 4 nitrogen and oxygen atoms in total. The van der Waals surface area contributed by atoms with Gasteiger partial charge in [0.15, 0.2) is 0 Å². The van der Waals surface area contributed by atoms with E-state index in [1.165, 1.54) is 0 Å². The Balaban J connectivity index is 2.76. The summed E-state index contributed by atoms with van der Waals surface area (Å²) in [5.74, 6) is 5.15. The molecular formula is C16H21NO3S. The van der Waals surface area contributed by atoms with Crippen molar-refractivity contribution in [3.8, 4) is 11.8 Å². The molecular weight excluding hydrogens is 286 g/mol. The molecule has 1 aromatic carbocycles. The minimum absolute atomic E-state index is 0.0527. The van der Waals surface area contributed by atoms with Gasteiger partial charge in [0.25, 0.3) is 5.91 Å². The SMILES string of the molecule is Cc1ccc(C(=O)NCCC(C)S(C)=O)c(C#CCO)c1. The molecule has 2 unspecified atom stereocenters. The monoisotopic (exact) mass is 307 g/mol. The van der Waals surface area contributed by atoms with Crippen LogP contribution in [0, 0.1) is 18.8 Å². The molecule has 0 spiro atoms. The van der Waals surface area contributed by atoms with Gasteiger partial charge in [-0.15, -0.1) is 0 Å². The van der Waals surface area contributed by atoms with Crippen LogP contribution < -0.4 is 5.32 Å². The lowest BCUT2D eigenvalue weighted by Gasteiger charge is -2.10. The fraction of sp³-hybridized carbons (Fsp3) is 0.438. The molecule has 1 rings (SSSR count). The quantitative estimate of drug-likeness (QED) is 0.804. The van der Waals surface area contributed by atoms with E-state index in [1.54, 1.807) is 12.3 Å². The second-order valence-electron chi connectivity index (χ2n) is 4.86. The fourth-order valence-electron chi connectivity index (χ4n) is 1.74. The molecule has 0 aliphatic carbocycles. The Hall–Kier alpha value is -1.64. The first kappa shape index (κ1) is 17.4. The number of carbonyl (C=O) groups excluding carboxylic acids is 1. The van der Waals surface area contributed by atoms with Gasteiger partial charge < -0.3 is 10.4 Å². The van der Waals surface area contributed by atoms with Gasteiger partial charge in [0, 0.05) is 34.4 Å². The van der Waals surface area contributed by atoms with E-state index >= 15 is 0 Å². The van der Waals surface area contributed by atoms with Gasteiger partial charge in [0.2, 0.25) is 0 Å². The molecule has 0 aliphatic rings. The average molecular weight is 307 g/mol. The third-order valence-corrected chi connectivity index (χ3v) is 4.49. The highest BCUT2D eigenvalue weighted by Gasteiger charge is 2.11. The standard InChI is InChI=1S/C16H21NO3S/c1-12-6-7-15(14(11-12)5-4-10-18)16(19)17-9-8-13(2)21(3)20/h6-7,11,13,18H,8-10H2,1-3H3,(H,17,19). The maximum Gasteiger partial charge on any atom is 0.252 e. The highest BCUT2D eigenvalue weighted by atomic mass is 32.2. The predicted octanol–water partition coefficient (Wildman–Crippen LogP) is 1.23. The highest BCUT2D eigenvalue weighted by Crippen LogP contribution is 2.11. The van der Waals surface area contributed by atoms with Gasteiger partial charge in [-0.05, 0) is 31.0 Å². The van der Waals surface area contributed by atoms with Crippen LogP contribution in [0.1, 0.15) is 34.8 Å². The molecule has 0 fully saturated rings. The molecule has 21 heavy (non-hydrogen) atoms. The second kappa shape index (κ2) is 8.60. The van der Waals surface area contributed by atoms with Crippen molar-refractivity contribution in [3.05, 3.63) is 34.9 Å². The van der Waals surface area contributed by atoms with Crippen molar-refractivity contribution in [2.45, 2.75) is 25.5 Å². The first-order valence-corrected chi connectivity index (χ1v) is 8.38. The van der Waals surface area contributed by atoms with E-state index in [0.29, 0.717) is 24.1 Å². The molecule has 0 saturated heterocycles. The lowest BCUT2D eigenvalue weighted by molar-refractivity contribution is 0.0953. The number of aliphatic hydroxyl groups is 1. The van der Waals surface area contributed by atoms with Crippen LogP contribution in [0.15, 0.2) is 18.2 Å². The summed E-state index contributed by atoms with van der Waals surface area (Å²) < 4.78 is 11.3. The van der Waals surface area contributed by atoms with E-state index in [1.807, 2.05) is 26.0 Å². The largest absolute Gasteiger partial charge is 0.384 e. The lowest BCUT2D eigenvalue weighted by Crippen LogP contribution is -2.28. The molecule has 1 amide bonds. The summed E-state index contributed by atoms with van der Waals surface area (Å²) in [6, 6.07) is 5.40. The second-order valence-corrected chi connectivity index (χ2v) is 6.66. The van der Waals surface area contributed by atoms with Gasteiger partial charge in [-0.1, -0.05) is 24.8 Å². The number of aryl methyl sites for hydroxylation is 1. The van der Waals surface area contributed by atoms with E-state index in [-0.39, 0.29) is 17.8 Å². The molecule has 2 N–H and O–H groups in total. The Bertz CT molecular complexity index is 587. The Kier molecular flexibility index (Phi) is 7.13. The normalized spacial score (nSPS) is 13.0. The Labute approximate surface area is 128 Å². The minimum atomic E-state index is -0.883. The van der Waals surface area contributed by atoms with Crippen LogP contribution in [0.2, 0.25) is 0 Å². The van der Waals surface area contributed by atoms with Crippen molar-refractivity contribution in [3.63, 3.8) is 0 Å². The van der Waals surface area contributed by atoms with Crippen molar-refractivity contribution >= 4 is 16.7 Å². The number of carbonyl (C=O) groups is 1. The number of rotatable bonds is 5. The van der Waals surface area contributed by atoms with E-state index in [4.69, 9.17) is 5.11 Å². The van der Waals surface area contributed by atoms with Crippen molar-refractivity contribution in [1.82, 2.24) is 5.32 Å². The molecule has 0 saturated carbocycles. The predicted molar refractivity (Wildman–Crippen MR) is 85.6 cm³/mol. The summed E-state index contributed by atoms with van der Waals surface area (Å²) in [6.07, 6.45) is 2.33. The summed E-state index contributed by atoms with van der Waals surface area (Å²) in [5.41, 5.74) is 2.10. The number of nitrogens with one attached hydrogen (secondary N) is 1. The summed E-state index contributed by atoms with van der Waals surface area (Å²) in [4.78, 5) is 12.2. The van der Waals surface area contributed by atoms with Gasteiger partial charge in [-0.3, -0.25) is 9.00 Å². The minimum Gasteiger partial charge on any atom is -0.384 e. The molecule has 5 heteroatoms. The summed E-state index contributed by atoms with van der Waals surface area (Å²) >= 11 is 0. The van der Waals surface area contributed by atoms with Crippen molar-refractivity contribution in [1.29, 1.82) is 0 Å². The maximum atomic E-state index is 12.2. The highest BCUT2D eigenvalue weighted by molar-refractivity contribution is 7.84. The van der Waals surface area contributed by atoms with Crippen LogP contribution in [0.25, 0.3) is 0 Å².